The molecule has 19 heavy (non-hydrogen) atoms. The Labute approximate surface area is 125 Å². The summed E-state index contributed by atoms with van der Waals surface area (Å²) in [6.45, 7) is 0. The van der Waals surface area contributed by atoms with Crippen LogP contribution in [0.1, 0.15) is 17.2 Å². The Bertz CT molecular complexity index is 574. The fraction of sp³-hybridized carbons (Fsp3) is 0.200. The van der Waals surface area contributed by atoms with E-state index in [0.717, 1.165) is 10.0 Å². The lowest BCUT2D eigenvalue weighted by Crippen LogP contribution is -2.19. The first kappa shape index (κ1) is 14.5. The predicted octanol–water partition coefficient (Wildman–Crippen LogP) is 4.74. The second kappa shape index (κ2) is 6.51. The molecule has 0 bridgehead atoms. The van der Waals surface area contributed by atoms with E-state index in [9.17, 15) is 4.39 Å². The molecule has 100 valence electrons. The standard InChI is InChI=1S/C15H14BrClFN/c1-19-14(9-10-5-2-3-8-13(10)18)11-6-4-7-12(16)15(11)17/h2-8,14,19H,9H2,1H3. The zero-order valence-corrected chi connectivity index (χ0v) is 12.8. The SMILES string of the molecule is CNC(Cc1ccccc1F)c1cccc(Br)c1Cl. The normalized spacial score (nSPS) is 12.4. The molecular weight excluding hydrogens is 329 g/mol. The van der Waals surface area contributed by atoms with E-state index in [-0.39, 0.29) is 11.9 Å². The molecule has 1 N–H and O–H groups in total. The second-order valence-corrected chi connectivity index (χ2v) is 5.51. The van der Waals surface area contributed by atoms with Crippen LogP contribution >= 0.6 is 27.5 Å². The van der Waals surface area contributed by atoms with Gasteiger partial charge in [0.1, 0.15) is 5.82 Å². The van der Waals surface area contributed by atoms with Crippen molar-refractivity contribution in [3.63, 3.8) is 0 Å². The molecule has 0 saturated carbocycles. The number of likely N-dealkylation sites (N-methyl/N-ethyl adjacent to an activating group) is 1. The van der Waals surface area contributed by atoms with Crippen molar-refractivity contribution in [2.75, 3.05) is 7.05 Å². The highest BCUT2D eigenvalue weighted by Crippen LogP contribution is 2.31. The maximum absolute atomic E-state index is 13.7. The van der Waals surface area contributed by atoms with Crippen molar-refractivity contribution in [2.24, 2.45) is 0 Å². The minimum atomic E-state index is -0.186. The number of halogens is 3. The van der Waals surface area contributed by atoms with Gasteiger partial charge in [0.2, 0.25) is 0 Å². The Morgan fingerprint density at radius 1 is 1.21 bits per heavy atom. The van der Waals surface area contributed by atoms with E-state index in [1.165, 1.54) is 6.07 Å². The topological polar surface area (TPSA) is 12.0 Å². The van der Waals surface area contributed by atoms with Crippen LogP contribution < -0.4 is 5.32 Å². The molecule has 0 radical (unpaired) electrons. The van der Waals surface area contributed by atoms with E-state index < -0.39 is 0 Å². The number of hydrogen-bond acceptors (Lipinski definition) is 1. The average molecular weight is 343 g/mol. The van der Waals surface area contributed by atoms with Crippen LogP contribution in [0.3, 0.4) is 0 Å². The Morgan fingerprint density at radius 2 is 1.95 bits per heavy atom. The summed E-state index contributed by atoms with van der Waals surface area (Å²) in [4.78, 5) is 0. The summed E-state index contributed by atoms with van der Waals surface area (Å²) in [7, 11) is 1.85. The van der Waals surface area contributed by atoms with Gasteiger partial charge in [-0.1, -0.05) is 41.9 Å². The third kappa shape index (κ3) is 3.35. The van der Waals surface area contributed by atoms with Gasteiger partial charge in [0, 0.05) is 10.5 Å². The summed E-state index contributed by atoms with van der Waals surface area (Å²) in [6.07, 6.45) is 0.555. The highest BCUT2D eigenvalue weighted by molar-refractivity contribution is 9.10. The van der Waals surface area contributed by atoms with Gasteiger partial charge < -0.3 is 5.32 Å². The molecule has 4 heteroatoms. The third-order valence-corrected chi connectivity index (χ3v) is 4.40. The smallest absolute Gasteiger partial charge is 0.126 e. The largest absolute Gasteiger partial charge is 0.313 e. The van der Waals surface area contributed by atoms with Gasteiger partial charge in [0.15, 0.2) is 0 Å². The molecule has 2 rings (SSSR count). The Hall–Kier alpha value is -0.900. The Balaban J connectivity index is 2.31. The maximum atomic E-state index is 13.7. The van der Waals surface area contributed by atoms with Gasteiger partial charge >= 0.3 is 0 Å². The molecule has 0 fully saturated rings. The van der Waals surface area contributed by atoms with Crippen LogP contribution in [0.2, 0.25) is 5.02 Å². The molecule has 0 spiro atoms. The summed E-state index contributed by atoms with van der Waals surface area (Å²) in [5.74, 6) is -0.186. The third-order valence-electron chi connectivity index (χ3n) is 3.09. The van der Waals surface area contributed by atoms with Gasteiger partial charge in [-0.15, -0.1) is 0 Å². The molecule has 0 aromatic heterocycles. The second-order valence-electron chi connectivity index (χ2n) is 4.28. The fourth-order valence-electron chi connectivity index (χ4n) is 2.04. The van der Waals surface area contributed by atoms with Crippen molar-refractivity contribution in [1.29, 1.82) is 0 Å². The van der Waals surface area contributed by atoms with Crippen molar-refractivity contribution in [3.05, 3.63) is 68.9 Å². The summed E-state index contributed by atoms with van der Waals surface area (Å²) >= 11 is 9.70. The van der Waals surface area contributed by atoms with Crippen LogP contribution in [-0.4, -0.2) is 7.05 Å². The Kier molecular flexibility index (Phi) is 4.97. The van der Waals surface area contributed by atoms with Crippen molar-refractivity contribution in [2.45, 2.75) is 12.5 Å². The zero-order valence-electron chi connectivity index (χ0n) is 10.5. The molecular formula is C15H14BrClFN. The van der Waals surface area contributed by atoms with Crippen LogP contribution in [0, 0.1) is 5.82 Å². The average Bonchev–Trinajstić information content (AvgIpc) is 2.41. The molecule has 0 heterocycles. The van der Waals surface area contributed by atoms with E-state index in [4.69, 9.17) is 11.6 Å². The van der Waals surface area contributed by atoms with Crippen molar-refractivity contribution in [3.8, 4) is 0 Å². The van der Waals surface area contributed by atoms with E-state index in [2.05, 4.69) is 21.2 Å². The highest BCUT2D eigenvalue weighted by atomic mass is 79.9. The maximum Gasteiger partial charge on any atom is 0.126 e. The van der Waals surface area contributed by atoms with Crippen LogP contribution in [-0.2, 0) is 6.42 Å². The fourth-order valence-corrected chi connectivity index (χ4v) is 2.68. The summed E-state index contributed by atoms with van der Waals surface area (Å²) in [5.41, 5.74) is 1.64. The molecule has 1 unspecified atom stereocenters. The van der Waals surface area contributed by atoms with E-state index in [0.29, 0.717) is 17.0 Å². The molecule has 1 atom stereocenters. The Morgan fingerprint density at radius 3 is 2.63 bits per heavy atom. The minimum Gasteiger partial charge on any atom is -0.313 e. The molecule has 0 aliphatic rings. The van der Waals surface area contributed by atoms with E-state index in [1.807, 2.05) is 31.3 Å². The first-order chi connectivity index (χ1) is 9.13. The molecule has 0 saturated heterocycles. The van der Waals surface area contributed by atoms with Crippen LogP contribution in [0.25, 0.3) is 0 Å². The highest BCUT2D eigenvalue weighted by Gasteiger charge is 2.16. The summed E-state index contributed by atoms with van der Waals surface area (Å²) in [6, 6.07) is 12.6. The number of nitrogens with one attached hydrogen (secondary N) is 1. The molecule has 2 aromatic carbocycles. The first-order valence-corrected chi connectivity index (χ1v) is 7.15. The van der Waals surface area contributed by atoms with Gasteiger partial charge in [-0.3, -0.25) is 0 Å². The predicted molar refractivity (Wildman–Crippen MR) is 81.1 cm³/mol. The number of benzene rings is 2. The van der Waals surface area contributed by atoms with Gasteiger partial charge in [-0.2, -0.15) is 0 Å². The molecule has 1 nitrogen and oxygen atoms in total. The van der Waals surface area contributed by atoms with Crippen molar-refractivity contribution >= 4 is 27.5 Å². The quantitative estimate of drug-likeness (QED) is 0.846. The molecule has 0 aliphatic heterocycles. The van der Waals surface area contributed by atoms with Crippen molar-refractivity contribution < 1.29 is 4.39 Å². The van der Waals surface area contributed by atoms with Gasteiger partial charge in [0.05, 0.1) is 5.02 Å². The minimum absolute atomic E-state index is 0.0260. The lowest BCUT2D eigenvalue weighted by Gasteiger charge is -2.19. The van der Waals surface area contributed by atoms with Crippen LogP contribution in [0.5, 0.6) is 0 Å². The molecule has 0 amide bonds. The molecule has 0 aliphatic carbocycles. The number of hydrogen-bond donors (Lipinski definition) is 1. The van der Waals surface area contributed by atoms with Gasteiger partial charge in [-0.25, -0.2) is 4.39 Å². The lowest BCUT2D eigenvalue weighted by molar-refractivity contribution is 0.554. The van der Waals surface area contributed by atoms with E-state index in [1.54, 1.807) is 12.1 Å². The zero-order chi connectivity index (χ0) is 13.8. The van der Waals surface area contributed by atoms with Crippen LogP contribution in [0.15, 0.2) is 46.9 Å². The van der Waals surface area contributed by atoms with Gasteiger partial charge in [-0.05, 0) is 52.7 Å². The van der Waals surface area contributed by atoms with Gasteiger partial charge in [0.25, 0.3) is 0 Å². The monoisotopic (exact) mass is 341 g/mol. The summed E-state index contributed by atoms with van der Waals surface area (Å²) in [5, 5.41) is 3.86. The number of rotatable bonds is 4. The van der Waals surface area contributed by atoms with Crippen molar-refractivity contribution in [1.82, 2.24) is 5.32 Å². The van der Waals surface area contributed by atoms with Crippen LogP contribution in [0.4, 0.5) is 4.39 Å². The first-order valence-electron chi connectivity index (χ1n) is 5.98. The lowest BCUT2D eigenvalue weighted by atomic mass is 9.98. The molecule has 2 aromatic rings. The summed E-state index contributed by atoms with van der Waals surface area (Å²) < 4.78 is 14.6. The van der Waals surface area contributed by atoms with E-state index >= 15 is 0 Å².